The minimum Gasteiger partial charge on any atom is -0.193 e. The van der Waals surface area contributed by atoms with E-state index in [-0.39, 0.29) is 0 Å². The zero-order valence-corrected chi connectivity index (χ0v) is 12.0. The summed E-state index contributed by atoms with van der Waals surface area (Å²) in [6, 6.07) is 10.9. The summed E-state index contributed by atoms with van der Waals surface area (Å²) in [5, 5.41) is 8.71. The van der Waals surface area contributed by atoms with Gasteiger partial charge in [0, 0.05) is 6.08 Å². The molecule has 0 fully saturated rings. The molecule has 2 aliphatic rings. The van der Waals surface area contributed by atoms with Gasteiger partial charge in [-0.3, -0.25) is 0 Å². The third-order valence-corrected chi connectivity index (χ3v) is 3.59. The number of hydrogen-bond donors (Lipinski definition) is 0. The summed E-state index contributed by atoms with van der Waals surface area (Å²) in [5.41, 5.74) is 7.57. The highest BCUT2D eigenvalue weighted by Gasteiger charge is 2.14. The molecule has 19 heavy (non-hydrogen) atoms. The van der Waals surface area contributed by atoms with Crippen LogP contribution in [0, 0.1) is 25.2 Å². The average Bonchev–Trinajstić information content (AvgIpc) is 2.55. The molecule has 0 aromatic heterocycles. The van der Waals surface area contributed by atoms with Gasteiger partial charge in [0.1, 0.15) is 0 Å². The van der Waals surface area contributed by atoms with Gasteiger partial charge in [0.2, 0.25) is 0 Å². The van der Waals surface area contributed by atoms with E-state index < -0.39 is 0 Å². The summed E-state index contributed by atoms with van der Waals surface area (Å²) in [6.07, 6.45) is 3.45. The quantitative estimate of drug-likeness (QED) is 0.682. The highest BCUT2D eigenvalue weighted by atomic mass is 14.2. The van der Waals surface area contributed by atoms with Gasteiger partial charge in [-0.15, -0.1) is 0 Å². The van der Waals surface area contributed by atoms with E-state index in [0.717, 1.165) is 5.56 Å². The first-order valence-corrected chi connectivity index (χ1v) is 6.64. The number of rotatable bonds is 2. The predicted octanol–water partition coefficient (Wildman–Crippen LogP) is 5.07. The second-order valence-electron chi connectivity index (χ2n) is 5.35. The van der Waals surface area contributed by atoms with Crippen molar-refractivity contribution >= 4 is 6.08 Å². The van der Waals surface area contributed by atoms with Crippen LogP contribution in [0.5, 0.6) is 0 Å². The van der Waals surface area contributed by atoms with E-state index in [1.165, 1.54) is 27.8 Å². The van der Waals surface area contributed by atoms with Gasteiger partial charge in [-0.2, -0.15) is 5.26 Å². The highest BCUT2D eigenvalue weighted by Crippen LogP contribution is 2.36. The van der Waals surface area contributed by atoms with E-state index >= 15 is 0 Å². The molecule has 0 amide bonds. The molecule has 1 nitrogen and oxygen atoms in total. The van der Waals surface area contributed by atoms with Crippen LogP contribution in [0.4, 0.5) is 0 Å². The van der Waals surface area contributed by atoms with E-state index in [4.69, 9.17) is 5.26 Å². The fourth-order valence-corrected chi connectivity index (χ4v) is 2.50. The van der Waals surface area contributed by atoms with Crippen molar-refractivity contribution in [2.24, 2.45) is 0 Å². The van der Waals surface area contributed by atoms with E-state index in [1.54, 1.807) is 6.08 Å². The smallest absolute Gasteiger partial charge is 0.0912 e. The Morgan fingerprint density at radius 3 is 2.47 bits per heavy atom. The lowest BCUT2D eigenvalue weighted by molar-refractivity contribution is 0.868. The molecule has 0 aromatic carbocycles. The largest absolute Gasteiger partial charge is 0.193 e. The number of hydrogen-bond acceptors (Lipinski definition) is 1. The first-order valence-electron chi connectivity index (χ1n) is 6.64. The molecule has 2 aliphatic carbocycles. The Bertz CT molecular complexity index is 642. The molecule has 0 N–H and O–H groups in total. The lowest BCUT2D eigenvalue weighted by atomic mass is 10.0. The van der Waals surface area contributed by atoms with E-state index in [0.29, 0.717) is 5.92 Å². The van der Waals surface area contributed by atoms with Gasteiger partial charge >= 0.3 is 0 Å². The fourth-order valence-electron chi connectivity index (χ4n) is 2.50. The van der Waals surface area contributed by atoms with Crippen molar-refractivity contribution in [1.29, 1.82) is 5.26 Å². The van der Waals surface area contributed by atoms with Crippen LogP contribution in [0.1, 0.15) is 42.0 Å². The van der Waals surface area contributed by atoms with Crippen LogP contribution in [-0.4, -0.2) is 0 Å². The monoisotopic (exact) mass is 249 g/mol. The van der Waals surface area contributed by atoms with E-state index in [1.807, 2.05) is 6.08 Å². The third kappa shape index (κ3) is 2.53. The second-order valence-corrected chi connectivity index (χ2v) is 5.35. The number of fused-ring (bicyclic) bond motifs is 1. The van der Waals surface area contributed by atoms with E-state index in [9.17, 15) is 0 Å². The van der Waals surface area contributed by atoms with Crippen molar-refractivity contribution < 1.29 is 0 Å². The van der Waals surface area contributed by atoms with Crippen LogP contribution in [0.25, 0.3) is 17.2 Å². The van der Waals surface area contributed by atoms with Gasteiger partial charge in [-0.25, -0.2) is 0 Å². The van der Waals surface area contributed by atoms with Crippen LogP contribution in [0.2, 0.25) is 0 Å². The standard InChI is InChI=1S/C18H19N/c1-12(2)15-8-7-13(3)18-16(6-5-9-19)10-14(4)17(18)11-15/h5-8,10-12H,1-4H3/b6-5+. The molecule has 96 valence electrons. The van der Waals surface area contributed by atoms with Crippen LogP contribution < -0.4 is 0 Å². The summed E-state index contributed by atoms with van der Waals surface area (Å²) in [5.74, 6) is 0.516. The SMILES string of the molecule is Cc1cc(/C=C/C#N)c2c(C)ccc(C(C)C)cc1-2. The van der Waals surface area contributed by atoms with Gasteiger partial charge in [0.15, 0.2) is 0 Å². The normalized spacial score (nSPS) is 11.4. The average molecular weight is 249 g/mol. The Kier molecular flexibility index (Phi) is 3.71. The summed E-state index contributed by atoms with van der Waals surface area (Å²) < 4.78 is 0. The van der Waals surface area contributed by atoms with E-state index in [2.05, 4.69) is 58.0 Å². The molecule has 2 rings (SSSR count). The van der Waals surface area contributed by atoms with Crippen LogP contribution >= 0.6 is 0 Å². The Balaban J connectivity index is 2.72. The third-order valence-electron chi connectivity index (χ3n) is 3.59. The molecular weight excluding hydrogens is 230 g/mol. The number of aryl methyl sites for hydroxylation is 2. The van der Waals surface area contributed by atoms with Crippen molar-refractivity contribution in [1.82, 2.24) is 0 Å². The van der Waals surface area contributed by atoms with Crippen LogP contribution in [-0.2, 0) is 0 Å². The maximum Gasteiger partial charge on any atom is 0.0912 e. The topological polar surface area (TPSA) is 23.8 Å². The van der Waals surface area contributed by atoms with Crippen molar-refractivity contribution in [2.45, 2.75) is 33.6 Å². The zero-order chi connectivity index (χ0) is 14.0. The van der Waals surface area contributed by atoms with Crippen LogP contribution in [0.15, 0.2) is 30.3 Å². The maximum absolute atomic E-state index is 8.71. The lowest BCUT2D eigenvalue weighted by Crippen LogP contribution is -1.84. The first-order chi connectivity index (χ1) is 9.04. The molecule has 0 bridgehead atoms. The molecular formula is C18H19N. The molecule has 0 spiro atoms. The van der Waals surface area contributed by atoms with Crippen molar-refractivity contribution in [3.05, 3.63) is 52.6 Å². The molecule has 0 saturated heterocycles. The molecule has 1 heteroatoms. The number of nitriles is 1. The van der Waals surface area contributed by atoms with Gasteiger partial charge in [0.05, 0.1) is 6.07 Å². The molecule has 0 radical (unpaired) electrons. The summed E-state index contributed by atoms with van der Waals surface area (Å²) in [4.78, 5) is 0. The zero-order valence-electron chi connectivity index (χ0n) is 12.0. The van der Waals surface area contributed by atoms with Gasteiger partial charge in [-0.05, 0) is 59.2 Å². The number of nitrogens with zero attached hydrogens (tertiary/aromatic N) is 1. The Morgan fingerprint density at radius 1 is 1.11 bits per heavy atom. The van der Waals surface area contributed by atoms with Crippen LogP contribution in [0.3, 0.4) is 0 Å². The van der Waals surface area contributed by atoms with Gasteiger partial charge in [0.25, 0.3) is 0 Å². The highest BCUT2D eigenvalue weighted by molar-refractivity contribution is 5.84. The van der Waals surface area contributed by atoms with Gasteiger partial charge < -0.3 is 0 Å². The minimum atomic E-state index is 0.516. The summed E-state index contributed by atoms with van der Waals surface area (Å²) in [6.45, 7) is 8.70. The van der Waals surface area contributed by atoms with Gasteiger partial charge in [-0.1, -0.05) is 38.1 Å². The fraction of sp³-hybridized carbons (Fsp3) is 0.278. The minimum absolute atomic E-state index is 0.516. The molecule has 0 heterocycles. The van der Waals surface area contributed by atoms with Crippen molar-refractivity contribution in [3.63, 3.8) is 0 Å². The Morgan fingerprint density at radius 2 is 1.84 bits per heavy atom. The first kappa shape index (κ1) is 13.4. The Hall–Kier alpha value is -2.07. The predicted molar refractivity (Wildman–Crippen MR) is 81.3 cm³/mol. The summed E-state index contributed by atoms with van der Waals surface area (Å²) in [7, 11) is 0. The molecule has 0 aromatic rings. The second kappa shape index (κ2) is 5.28. The molecule has 0 aliphatic heterocycles. The molecule has 0 unspecified atom stereocenters. The van der Waals surface area contributed by atoms with Crippen molar-refractivity contribution in [2.75, 3.05) is 0 Å². The Labute approximate surface area is 115 Å². The maximum atomic E-state index is 8.71. The summed E-state index contributed by atoms with van der Waals surface area (Å²) >= 11 is 0. The lowest BCUT2D eigenvalue weighted by Gasteiger charge is -2.04. The molecule has 0 atom stereocenters. The van der Waals surface area contributed by atoms with Crippen molar-refractivity contribution in [3.8, 4) is 17.2 Å². The number of allylic oxidation sites excluding steroid dienone is 1. The molecule has 0 saturated carbocycles.